The Morgan fingerprint density at radius 2 is 2.00 bits per heavy atom. The van der Waals surface area contributed by atoms with Gasteiger partial charge < -0.3 is 9.84 Å². The van der Waals surface area contributed by atoms with Gasteiger partial charge in [0, 0.05) is 25.6 Å². The van der Waals surface area contributed by atoms with Crippen LogP contribution in [0.2, 0.25) is 0 Å². The summed E-state index contributed by atoms with van der Waals surface area (Å²) < 4.78 is 5.36. The summed E-state index contributed by atoms with van der Waals surface area (Å²) >= 11 is 0. The van der Waals surface area contributed by atoms with E-state index in [1.54, 1.807) is 0 Å². The summed E-state index contributed by atoms with van der Waals surface area (Å²) in [6.45, 7) is 8.65. The molecule has 0 aromatic carbocycles. The smallest absolute Gasteiger partial charge is 0.240 e. The molecule has 118 valence electrons. The van der Waals surface area contributed by atoms with Gasteiger partial charge in [0.15, 0.2) is 5.82 Å². The fraction of sp³-hybridized carbons (Fsp3) is 0.875. The van der Waals surface area contributed by atoms with Crippen LogP contribution in [-0.4, -0.2) is 40.7 Å². The van der Waals surface area contributed by atoms with E-state index in [1.165, 1.54) is 32.2 Å². The zero-order valence-electron chi connectivity index (χ0n) is 13.3. The van der Waals surface area contributed by atoms with Crippen molar-refractivity contribution in [2.75, 3.05) is 19.6 Å². The first kappa shape index (κ1) is 15.0. The maximum Gasteiger partial charge on any atom is 0.240 e. The van der Waals surface area contributed by atoms with Crippen molar-refractivity contribution in [1.82, 2.24) is 20.4 Å². The summed E-state index contributed by atoms with van der Waals surface area (Å²) in [4.78, 5) is 6.93. The van der Waals surface area contributed by atoms with Gasteiger partial charge in [0.25, 0.3) is 0 Å². The Labute approximate surface area is 127 Å². The fourth-order valence-corrected chi connectivity index (χ4v) is 2.94. The van der Waals surface area contributed by atoms with Gasteiger partial charge in [0.2, 0.25) is 5.89 Å². The molecule has 1 saturated heterocycles. The van der Waals surface area contributed by atoms with Crippen molar-refractivity contribution < 1.29 is 4.52 Å². The van der Waals surface area contributed by atoms with Crippen molar-refractivity contribution in [1.29, 1.82) is 0 Å². The molecule has 1 aromatic rings. The van der Waals surface area contributed by atoms with Crippen LogP contribution in [0.25, 0.3) is 0 Å². The molecule has 3 rings (SSSR count). The van der Waals surface area contributed by atoms with Gasteiger partial charge in [-0.05, 0) is 44.1 Å². The molecule has 21 heavy (non-hydrogen) atoms. The third-order valence-electron chi connectivity index (χ3n) is 4.44. The van der Waals surface area contributed by atoms with Crippen LogP contribution in [0, 0.1) is 11.8 Å². The number of nitrogens with zero attached hydrogens (tertiary/aromatic N) is 3. The lowest BCUT2D eigenvalue weighted by Crippen LogP contribution is -2.42. The fourth-order valence-electron chi connectivity index (χ4n) is 2.94. The van der Waals surface area contributed by atoms with E-state index in [0.29, 0.717) is 12.0 Å². The van der Waals surface area contributed by atoms with Gasteiger partial charge in [-0.3, -0.25) is 4.90 Å². The van der Waals surface area contributed by atoms with Gasteiger partial charge in [-0.2, -0.15) is 4.98 Å². The second-order valence-electron chi connectivity index (χ2n) is 7.10. The number of piperidine rings is 1. The van der Waals surface area contributed by atoms with Crippen molar-refractivity contribution in [3.8, 4) is 0 Å². The predicted octanol–water partition coefficient (Wildman–Crippen LogP) is 2.23. The minimum absolute atomic E-state index is 0.573. The first-order valence-corrected chi connectivity index (χ1v) is 8.46. The SMILES string of the molecule is CC(C)Cc1noc(CN2CCC(NCC3CC3)CC2)n1. The van der Waals surface area contributed by atoms with Crippen LogP contribution in [0.1, 0.15) is 51.2 Å². The normalized spacial score (nSPS) is 21.3. The largest absolute Gasteiger partial charge is 0.338 e. The summed E-state index contributed by atoms with van der Waals surface area (Å²) in [5, 5.41) is 7.78. The van der Waals surface area contributed by atoms with Crippen LogP contribution in [0.4, 0.5) is 0 Å². The third-order valence-corrected chi connectivity index (χ3v) is 4.44. The van der Waals surface area contributed by atoms with E-state index >= 15 is 0 Å². The van der Waals surface area contributed by atoms with E-state index < -0.39 is 0 Å². The monoisotopic (exact) mass is 292 g/mol. The van der Waals surface area contributed by atoms with E-state index in [2.05, 4.69) is 34.2 Å². The minimum Gasteiger partial charge on any atom is -0.338 e. The summed E-state index contributed by atoms with van der Waals surface area (Å²) in [5.41, 5.74) is 0. The van der Waals surface area contributed by atoms with Gasteiger partial charge in [-0.1, -0.05) is 19.0 Å². The summed E-state index contributed by atoms with van der Waals surface area (Å²) in [5.74, 6) is 3.17. The highest BCUT2D eigenvalue weighted by Crippen LogP contribution is 2.28. The lowest BCUT2D eigenvalue weighted by atomic mass is 10.0. The molecule has 1 aliphatic carbocycles. The highest BCUT2D eigenvalue weighted by Gasteiger charge is 2.25. The van der Waals surface area contributed by atoms with Gasteiger partial charge in [-0.25, -0.2) is 0 Å². The number of rotatable bonds is 7. The Kier molecular flexibility index (Phi) is 4.91. The third kappa shape index (κ3) is 4.78. The van der Waals surface area contributed by atoms with Crippen LogP contribution >= 0.6 is 0 Å². The topological polar surface area (TPSA) is 54.2 Å². The van der Waals surface area contributed by atoms with Crippen LogP contribution in [-0.2, 0) is 13.0 Å². The Morgan fingerprint density at radius 3 is 2.67 bits per heavy atom. The van der Waals surface area contributed by atoms with Crippen LogP contribution in [0.3, 0.4) is 0 Å². The average molecular weight is 292 g/mol. The second-order valence-corrected chi connectivity index (χ2v) is 7.10. The molecule has 2 aliphatic rings. The molecular weight excluding hydrogens is 264 g/mol. The zero-order valence-corrected chi connectivity index (χ0v) is 13.3. The quantitative estimate of drug-likeness (QED) is 0.835. The van der Waals surface area contributed by atoms with Crippen molar-refractivity contribution in [3.63, 3.8) is 0 Å². The number of hydrogen-bond donors (Lipinski definition) is 1. The zero-order chi connectivity index (χ0) is 14.7. The van der Waals surface area contributed by atoms with Crippen LogP contribution in [0.15, 0.2) is 4.52 Å². The molecule has 5 nitrogen and oxygen atoms in total. The molecule has 1 N–H and O–H groups in total. The maximum atomic E-state index is 5.36. The summed E-state index contributed by atoms with van der Waals surface area (Å²) in [7, 11) is 0. The minimum atomic E-state index is 0.573. The first-order chi connectivity index (χ1) is 10.2. The van der Waals surface area contributed by atoms with Crippen LogP contribution in [0.5, 0.6) is 0 Å². The molecule has 0 unspecified atom stereocenters. The van der Waals surface area contributed by atoms with Crippen molar-refractivity contribution in [2.45, 2.75) is 58.5 Å². The Hall–Kier alpha value is -0.940. The van der Waals surface area contributed by atoms with E-state index in [9.17, 15) is 0 Å². The van der Waals surface area contributed by atoms with E-state index in [-0.39, 0.29) is 0 Å². The number of aromatic nitrogens is 2. The lowest BCUT2D eigenvalue weighted by Gasteiger charge is -2.31. The lowest BCUT2D eigenvalue weighted by molar-refractivity contribution is 0.170. The average Bonchev–Trinajstić information content (AvgIpc) is 3.19. The van der Waals surface area contributed by atoms with Crippen LogP contribution < -0.4 is 5.32 Å². The standard InChI is InChI=1S/C16H28N4O/c1-12(2)9-15-18-16(21-19-15)11-20-7-5-14(6-8-20)17-10-13-3-4-13/h12-14,17H,3-11H2,1-2H3. The number of hydrogen-bond acceptors (Lipinski definition) is 5. The molecule has 0 radical (unpaired) electrons. The van der Waals surface area contributed by atoms with Crippen molar-refractivity contribution in [3.05, 3.63) is 11.7 Å². The molecule has 1 saturated carbocycles. The van der Waals surface area contributed by atoms with Gasteiger partial charge >= 0.3 is 0 Å². The molecule has 0 amide bonds. The molecule has 5 heteroatoms. The molecular formula is C16H28N4O. The Morgan fingerprint density at radius 1 is 1.24 bits per heavy atom. The predicted molar refractivity (Wildman–Crippen MR) is 81.9 cm³/mol. The van der Waals surface area contributed by atoms with E-state index in [0.717, 1.165) is 43.7 Å². The number of nitrogens with one attached hydrogen (secondary N) is 1. The van der Waals surface area contributed by atoms with E-state index in [4.69, 9.17) is 4.52 Å². The van der Waals surface area contributed by atoms with Gasteiger partial charge in [-0.15, -0.1) is 0 Å². The first-order valence-electron chi connectivity index (χ1n) is 8.46. The highest BCUT2D eigenvalue weighted by atomic mass is 16.5. The molecule has 0 atom stereocenters. The molecule has 1 aromatic heterocycles. The molecule has 0 bridgehead atoms. The summed E-state index contributed by atoms with van der Waals surface area (Å²) in [6, 6.07) is 0.709. The Bertz CT molecular complexity index is 433. The molecule has 0 spiro atoms. The second kappa shape index (κ2) is 6.88. The van der Waals surface area contributed by atoms with E-state index in [1.807, 2.05) is 0 Å². The summed E-state index contributed by atoms with van der Waals surface area (Å²) in [6.07, 6.45) is 6.24. The molecule has 1 aliphatic heterocycles. The maximum absolute atomic E-state index is 5.36. The Balaban J connectivity index is 1.38. The van der Waals surface area contributed by atoms with Crippen molar-refractivity contribution >= 4 is 0 Å². The van der Waals surface area contributed by atoms with Gasteiger partial charge in [0.1, 0.15) is 0 Å². The molecule has 2 heterocycles. The molecule has 2 fully saturated rings. The van der Waals surface area contributed by atoms with Gasteiger partial charge in [0.05, 0.1) is 6.54 Å². The number of likely N-dealkylation sites (tertiary alicyclic amines) is 1. The highest BCUT2D eigenvalue weighted by molar-refractivity contribution is 4.89. The van der Waals surface area contributed by atoms with Crippen molar-refractivity contribution in [2.24, 2.45) is 11.8 Å².